The second-order valence-electron chi connectivity index (χ2n) is 7.81. The summed E-state index contributed by atoms with van der Waals surface area (Å²) in [6.07, 6.45) is 2.33. The predicted molar refractivity (Wildman–Crippen MR) is 117 cm³/mol. The van der Waals surface area contributed by atoms with Crippen LogP contribution in [0, 0.1) is 5.82 Å². The van der Waals surface area contributed by atoms with Gasteiger partial charge in [0.2, 0.25) is 0 Å². The number of carbonyl (C=O) groups is 1. The zero-order chi connectivity index (χ0) is 22.0. The molecule has 3 aromatic rings. The molecule has 0 spiro atoms. The quantitative estimate of drug-likeness (QED) is 0.605. The van der Waals surface area contributed by atoms with Crippen molar-refractivity contribution in [1.82, 2.24) is 14.7 Å². The van der Waals surface area contributed by atoms with E-state index in [2.05, 4.69) is 11.2 Å². The Morgan fingerprint density at radius 3 is 2.84 bits per heavy atom. The number of fused-ring (bicyclic) bond motifs is 1. The Kier molecular flexibility index (Phi) is 6.15. The van der Waals surface area contributed by atoms with Gasteiger partial charge in [0.25, 0.3) is 5.91 Å². The lowest BCUT2D eigenvalue weighted by molar-refractivity contribution is 0.0708. The molecule has 2 N–H and O–H groups in total. The molecule has 1 unspecified atom stereocenters. The van der Waals surface area contributed by atoms with Gasteiger partial charge in [-0.3, -0.25) is 9.48 Å². The SMILES string of the molecule is CCOCc1cnn(C)c1-c1ccc2c(c1)CN(C(CN)Cc1cccc(F)c1)C2=O. The van der Waals surface area contributed by atoms with Crippen LogP contribution in [-0.2, 0) is 31.4 Å². The van der Waals surface area contributed by atoms with Crippen LogP contribution in [0.1, 0.15) is 34.0 Å². The lowest BCUT2D eigenvalue weighted by atomic mass is 10.0. The molecule has 0 saturated carbocycles. The molecule has 6 nitrogen and oxygen atoms in total. The molecule has 2 aromatic carbocycles. The van der Waals surface area contributed by atoms with Crippen molar-refractivity contribution in [1.29, 1.82) is 0 Å². The van der Waals surface area contributed by atoms with Crippen LogP contribution in [0.5, 0.6) is 0 Å². The van der Waals surface area contributed by atoms with Crippen LogP contribution in [0.2, 0.25) is 0 Å². The van der Waals surface area contributed by atoms with E-state index in [0.29, 0.717) is 38.3 Å². The van der Waals surface area contributed by atoms with Crippen LogP contribution in [-0.4, -0.2) is 39.8 Å². The monoisotopic (exact) mass is 422 g/mol. The number of hydrogen-bond donors (Lipinski definition) is 1. The highest BCUT2D eigenvalue weighted by molar-refractivity contribution is 5.99. The van der Waals surface area contributed by atoms with Crippen LogP contribution >= 0.6 is 0 Å². The highest BCUT2D eigenvalue weighted by Gasteiger charge is 2.32. The van der Waals surface area contributed by atoms with Gasteiger partial charge in [-0.2, -0.15) is 5.10 Å². The van der Waals surface area contributed by atoms with Gasteiger partial charge in [0.05, 0.1) is 18.5 Å². The van der Waals surface area contributed by atoms with Gasteiger partial charge < -0.3 is 15.4 Å². The maximum atomic E-state index is 13.6. The molecular formula is C24H27FN4O2. The van der Waals surface area contributed by atoms with Crippen molar-refractivity contribution in [2.45, 2.75) is 32.5 Å². The van der Waals surface area contributed by atoms with E-state index in [4.69, 9.17) is 10.5 Å². The molecular weight excluding hydrogens is 395 g/mol. The predicted octanol–water partition coefficient (Wildman–Crippen LogP) is 3.29. The number of aryl methyl sites for hydroxylation is 1. The van der Waals surface area contributed by atoms with Crippen LogP contribution in [0.3, 0.4) is 0 Å². The Hall–Kier alpha value is -3.03. The molecule has 0 aliphatic carbocycles. The van der Waals surface area contributed by atoms with Crippen molar-refractivity contribution in [3.05, 3.63) is 76.7 Å². The normalized spacial score (nSPS) is 14.2. The van der Waals surface area contributed by atoms with Crippen LogP contribution in [0.15, 0.2) is 48.7 Å². The van der Waals surface area contributed by atoms with E-state index < -0.39 is 0 Å². The summed E-state index contributed by atoms with van der Waals surface area (Å²) in [5.41, 5.74) is 11.5. The van der Waals surface area contributed by atoms with Crippen molar-refractivity contribution >= 4 is 5.91 Å². The highest BCUT2D eigenvalue weighted by atomic mass is 19.1. The van der Waals surface area contributed by atoms with E-state index in [1.807, 2.05) is 43.0 Å². The first-order chi connectivity index (χ1) is 15.0. The van der Waals surface area contributed by atoms with Crippen LogP contribution in [0.4, 0.5) is 4.39 Å². The highest BCUT2D eigenvalue weighted by Crippen LogP contribution is 2.31. The number of benzene rings is 2. The zero-order valence-electron chi connectivity index (χ0n) is 17.8. The number of carbonyl (C=O) groups excluding carboxylic acids is 1. The molecule has 7 heteroatoms. The minimum Gasteiger partial charge on any atom is -0.377 e. The molecule has 1 amide bonds. The van der Waals surface area contributed by atoms with Crippen LogP contribution in [0.25, 0.3) is 11.3 Å². The maximum absolute atomic E-state index is 13.6. The summed E-state index contributed by atoms with van der Waals surface area (Å²) in [5, 5.41) is 4.38. The number of ether oxygens (including phenoxy) is 1. The Morgan fingerprint density at radius 2 is 2.10 bits per heavy atom. The molecule has 1 aliphatic heterocycles. The fourth-order valence-electron chi connectivity index (χ4n) is 4.22. The van der Waals surface area contributed by atoms with E-state index in [-0.39, 0.29) is 17.8 Å². The second-order valence-corrected chi connectivity index (χ2v) is 7.81. The topological polar surface area (TPSA) is 73.4 Å². The maximum Gasteiger partial charge on any atom is 0.254 e. The molecule has 0 bridgehead atoms. The summed E-state index contributed by atoms with van der Waals surface area (Å²) in [5.74, 6) is -0.319. The van der Waals surface area contributed by atoms with Gasteiger partial charge in [-0.15, -0.1) is 0 Å². The smallest absolute Gasteiger partial charge is 0.254 e. The second kappa shape index (κ2) is 8.99. The van der Waals surface area contributed by atoms with Crippen molar-refractivity contribution < 1.29 is 13.9 Å². The Labute approximate surface area is 181 Å². The van der Waals surface area contributed by atoms with Crippen molar-refractivity contribution in [2.75, 3.05) is 13.2 Å². The Morgan fingerprint density at radius 1 is 1.26 bits per heavy atom. The first-order valence-electron chi connectivity index (χ1n) is 10.5. The Bertz CT molecular complexity index is 1090. The minimum atomic E-state index is -0.284. The zero-order valence-corrected chi connectivity index (χ0v) is 17.8. The molecule has 2 heterocycles. The third-order valence-corrected chi connectivity index (χ3v) is 5.76. The Balaban J connectivity index is 1.59. The summed E-state index contributed by atoms with van der Waals surface area (Å²) in [6.45, 7) is 3.88. The van der Waals surface area contributed by atoms with Gasteiger partial charge in [-0.25, -0.2) is 4.39 Å². The standard InChI is InChI=1S/C24H27FN4O2/c1-3-31-15-19-13-27-28(2)23(19)17-7-8-22-18(11-17)14-29(24(22)30)21(12-26)10-16-5-4-6-20(25)9-16/h4-9,11,13,21H,3,10,12,14-15,26H2,1-2H3. The number of rotatable bonds is 8. The first kappa shape index (κ1) is 21.2. The van der Waals surface area contributed by atoms with E-state index in [0.717, 1.165) is 27.9 Å². The van der Waals surface area contributed by atoms with Gasteiger partial charge in [-0.05, 0) is 48.7 Å². The minimum absolute atomic E-state index is 0.0343. The molecule has 162 valence electrons. The largest absolute Gasteiger partial charge is 0.377 e. The number of hydrogen-bond acceptors (Lipinski definition) is 4. The summed E-state index contributed by atoms with van der Waals surface area (Å²) in [7, 11) is 1.90. The van der Waals surface area contributed by atoms with Crippen molar-refractivity contribution in [3.8, 4) is 11.3 Å². The average molecular weight is 423 g/mol. The molecule has 31 heavy (non-hydrogen) atoms. The summed E-state index contributed by atoms with van der Waals surface area (Å²) < 4.78 is 21.0. The molecule has 4 rings (SSSR count). The molecule has 0 radical (unpaired) electrons. The van der Waals surface area contributed by atoms with Gasteiger partial charge in [-0.1, -0.05) is 18.2 Å². The number of halogens is 1. The third kappa shape index (κ3) is 4.24. The van der Waals surface area contributed by atoms with E-state index in [1.54, 1.807) is 11.0 Å². The first-order valence-corrected chi connectivity index (χ1v) is 10.5. The molecule has 0 saturated heterocycles. The van der Waals surface area contributed by atoms with Gasteiger partial charge in [0.15, 0.2) is 0 Å². The lowest BCUT2D eigenvalue weighted by Crippen LogP contribution is -2.42. The van der Waals surface area contributed by atoms with Gasteiger partial charge in [0, 0.05) is 49.5 Å². The molecule has 0 fully saturated rings. The molecule has 1 atom stereocenters. The van der Waals surface area contributed by atoms with E-state index >= 15 is 0 Å². The fraction of sp³-hybridized carbons (Fsp3) is 0.333. The molecule has 1 aromatic heterocycles. The fourth-order valence-corrected chi connectivity index (χ4v) is 4.22. The van der Waals surface area contributed by atoms with Crippen molar-refractivity contribution in [2.24, 2.45) is 12.8 Å². The average Bonchev–Trinajstić information content (AvgIpc) is 3.29. The number of nitrogens with two attached hydrogens (primary N) is 1. The number of aromatic nitrogens is 2. The summed E-state index contributed by atoms with van der Waals surface area (Å²) in [4.78, 5) is 14.9. The summed E-state index contributed by atoms with van der Waals surface area (Å²) in [6, 6.07) is 12.1. The number of amides is 1. The van der Waals surface area contributed by atoms with Crippen LogP contribution < -0.4 is 5.73 Å². The van der Waals surface area contributed by atoms with E-state index in [1.165, 1.54) is 12.1 Å². The summed E-state index contributed by atoms with van der Waals surface area (Å²) >= 11 is 0. The lowest BCUT2D eigenvalue weighted by Gasteiger charge is -2.26. The van der Waals surface area contributed by atoms with Gasteiger partial charge >= 0.3 is 0 Å². The number of nitrogens with zero attached hydrogens (tertiary/aromatic N) is 3. The third-order valence-electron chi connectivity index (χ3n) is 5.76. The van der Waals surface area contributed by atoms with Gasteiger partial charge in [0.1, 0.15) is 5.82 Å². The van der Waals surface area contributed by atoms with E-state index in [9.17, 15) is 9.18 Å². The molecule has 1 aliphatic rings. The van der Waals surface area contributed by atoms with Crippen molar-refractivity contribution in [3.63, 3.8) is 0 Å².